The fourth-order valence-corrected chi connectivity index (χ4v) is 4.64. The minimum Gasteiger partial charge on any atom is -0.323 e. The third-order valence-corrected chi connectivity index (χ3v) is 6.18. The van der Waals surface area contributed by atoms with Gasteiger partial charge in [0.05, 0.1) is 6.54 Å². The Bertz CT molecular complexity index is 836. The first-order chi connectivity index (χ1) is 14.2. The van der Waals surface area contributed by atoms with Crippen molar-refractivity contribution in [3.8, 4) is 0 Å². The molecular weight excluding hydrogens is 364 g/mol. The van der Waals surface area contributed by atoms with E-state index in [0.29, 0.717) is 6.42 Å². The zero-order chi connectivity index (χ0) is 20.1. The van der Waals surface area contributed by atoms with Crippen LogP contribution < -0.4 is 10.6 Å². The molecule has 3 heterocycles. The molecule has 2 N–H and O–H groups in total. The minimum atomic E-state index is -0.795. The van der Waals surface area contributed by atoms with Crippen LogP contribution in [0.1, 0.15) is 36.8 Å². The van der Waals surface area contributed by atoms with Gasteiger partial charge in [0.1, 0.15) is 5.54 Å². The highest BCUT2D eigenvalue weighted by Gasteiger charge is 2.54. The molecule has 2 fully saturated rings. The van der Waals surface area contributed by atoms with E-state index < -0.39 is 5.54 Å². The van der Waals surface area contributed by atoms with E-state index in [4.69, 9.17) is 0 Å². The van der Waals surface area contributed by atoms with Crippen LogP contribution in [-0.4, -0.2) is 40.5 Å². The molecule has 2 aliphatic heterocycles. The van der Waals surface area contributed by atoms with E-state index in [1.807, 2.05) is 30.3 Å². The van der Waals surface area contributed by atoms with Crippen molar-refractivity contribution in [2.24, 2.45) is 5.92 Å². The van der Waals surface area contributed by atoms with E-state index in [9.17, 15) is 9.59 Å². The van der Waals surface area contributed by atoms with E-state index in [2.05, 4.69) is 27.8 Å². The molecule has 0 spiro atoms. The van der Waals surface area contributed by atoms with Gasteiger partial charge in [-0.05, 0) is 68.3 Å². The largest absolute Gasteiger partial charge is 0.325 e. The first-order valence-corrected chi connectivity index (χ1v) is 10.5. The molecule has 0 bridgehead atoms. The monoisotopic (exact) mass is 392 g/mol. The van der Waals surface area contributed by atoms with Crippen LogP contribution >= 0.6 is 0 Å². The maximum Gasteiger partial charge on any atom is 0.325 e. The number of nitrogens with zero attached hydrogens (tertiary/aromatic N) is 2. The second-order valence-corrected chi connectivity index (χ2v) is 8.02. The van der Waals surface area contributed by atoms with Crippen LogP contribution in [0.15, 0.2) is 54.9 Å². The summed E-state index contributed by atoms with van der Waals surface area (Å²) in [5.41, 5.74) is 1.33. The SMILES string of the molecule is O=C1N[C@@](CCCc2ccccc2)(C2CCNCC2)C(=O)N1Cc1cccnc1. The van der Waals surface area contributed by atoms with Crippen molar-refractivity contribution in [3.63, 3.8) is 0 Å². The van der Waals surface area contributed by atoms with Crippen LogP contribution in [0.5, 0.6) is 0 Å². The second-order valence-electron chi connectivity index (χ2n) is 8.02. The summed E-state index contributed by atoms with van der Waals surface area (Å²) < 4.78 is 0. The number of amides is 3. The van der Waals surface area contributed by atoms with E-state index in [-0.39, 0.29) is 24.4 Å². The third-order valence-electron chi connectivity index (χ3n) is 6.18. The maximum atomic E-state index is 13.6. The van der Waals surface area contributed by atoms with Gasteiger partial charge >= 0.3 is 6.03 Å². The summed E-state index contributed by atoms with van der Waals surface area (Å²) in [7, 11) is 0. The van der Waals surface area contributed by atoms with E-state index in [0.717, 1.165) is 44.3 Å². The van der Waals surface area contributed by atoms with Crippen molar-refractivity contribution < 1.29 is 9.59 Å². The number of hydrogen-bond donors (Lipinski definition) is 2. The Kier molecular flexibility index (Phi) is 5.90. The van der Waals surface area contributed by atoms with Crippen molar-refractivity contribution in [2.45, 2.75) is 44.2 Å². The van der Waals surface area contributed by atoms with Gasteiger partial charge in [0.15, 0.2) is 0 Å². The number of rotatable bonds is 7. The maximum absolute atomic E-state index is 13.6. The lowest BCUT2D eigenvalue weighted by Gasteiger charge is -2.38. The lowest BCUT2D eigenvalue weighted by molar-refractivity contribution is -0.134. The van der Waals surface area contributed by atoms with Gasteiger partial charge in [0, 0.05) is 12.4 Å². The number of aryl methyl sites for hydroxylation is 1. The third kappa shape index (κ3) is 4.17. The quantitative estimate of drug-likeness (QED) is 0.711. The molecule has 6 nitrogen and oxygen atoms in total. The Morgan fingerprint density at radius 1 is 1.03 bits per heavy atom. The van der Waals surface area contributed by atoms with Crippen molar-refractivity contribution >= 4 is 11.9 Å². The molecular formula is C23H28N4O2. The lowest BCUT2D eigenvalue weighted by Crippen LogP contribution is -2.55. The molecule has 29 heavy (non-hydrogen) atoms. The van der Waals surface area contributed by atoms with Crippen molar-refractivity contribution in [1.82, 2.24) is 20.5 Å². The molecule has 1 aromatic heterocycles. The van der Waals surface area contributed by atoms with Crippen LogP contribution in [0.4, 0.5) is 4.79 Å². The van der Waals surface area contributed by atoms with Crippen molar-refractivity contribution in [3.05, 3.63) is 66.0 Å². The summed E-state index contributed by atoms with van der Waals surface area (Å²) in [4.78, 5) is 31.9. The summed E-state index contributed by atoms with van der Waals surface area (Å²) in [6.07, 6.45) is 7.63. The minimum absolute atomic E-state index is 0.0775. The number of imide groups is 1. The number of carbonyl (C=O) groups excluding carboxylic acids is 2. The number of pyridine rings is 1. The molecule has 152 valence electrons. The first kappa shape index (κ1) is 19.6. The number of urea groups is 1. The number of aromatic nitrogens is 1. The molecule has 0 aliphatic carbocycles. The first-order valence-electron chi connectivity index (χ1n) is 10.5. The average Bonchev–Trinajstić information content (AvgIpc) is 3.01. The van der Waals surface area contributed by atoms with Crippen molar-refractivity contribution in [2.75, 3.05) is 13.1 Å². The lowest BCUT2D eigenvalue weighted by atomic mass is 9.74. The zero-order valence-electron chi connectivity index (χ0n) is 16.6. The van der Waals surface area contributed by atoms with Gasteiger partial charge in [-0.25, -0.2) is 4.79 Å². The molecule has 4 rings (SSSR count). The molecule has 6 heteroatoms. The molecule has 2 aliphatic rings. The molecule has 2 saturated heterocycles. The van der Waals surface area contributed by atoms with Gasteiger partial charge in [-0.15, -0.1) is 0 Å². The van der Waals surface area contributed by atoms with Crippen LogP contribution in [0, 0.1) is 5.92 Å². The Balaban J connectivity index is 1.53. The highest BCUT2D eigenvalue weighted by molar-refractivity contribution is 6.07. The average molecular weight is 393 g/mol. The van der Waals surface area contributed by atoms with Gasteiger partial charge in [-0.3, -0.25) is 14.7 Å². The summed E-state index contributed by atoms with van der Waals surface area (Å²) in [6, 6.07) is 13.8. The Morgan fingerprint density at radius 2 is 1.79 bits per heavy atom. The number of piperidine rings is 1. The van der Waals surface area contributed by atoms with Gasteiger partial charge in [-0.2, -0.15) is 0 Å². The smallest absolute Gasteiger partial charge is 0.323 e. The number of hydrogen-bond acceptors (Lipinski definition) is 4. The van der Waals surface area contributed by atoms with Gasteiger partial charge in [-0.1, -0.05) is 36.4 Å². The molecule has 0 radical (unpaired) electrons. The zero-order valence-corrected chi connectivity index (χ0v) is 16.6. The van der Waals surface area contributed by atoms with Crippen molar-refractivity contribution in [1.29, 1.82) is 0 Å². The molecule has 1 aromatic carbocycles. The summed E-state index contributed by atoms with van der Waals surface area (Å²) >= 11 is 0. The Morgan fingerprint density at radius 3 is 2.52 bits per heavy atom. The van der Waals surface area contributed by atoms with Crippen LogP contribution in [0.25, 0.3) is 0 Å². The predicted molar refractivity (Wildman–Crippen MR) is 111 cm³/mol. The predicted octanol–water partition coefficient (Wildman–Crippen LogP) is 2.89. The van der Waals surface area contributed by atoms with E-state index in [1.54, 1.807) is 12.4 Å². The fraction of sp³-hybridized carbons (Fsp3) is 0.435. The standard InChI is InChI=1S/C23H28N4O2/c28-21-23(20-10-14-24-15-11-20,12-4-8-18-6-2-1-3-7-18)26-22(29)27(21)17-19-9-5-13-25-16-19/h1-3,5-7,9,13,16,20,24H,4,8,10-12,14-15,17H2,(H,26,29)/t23-/m0/s1. The number of nitrogens with one attached hydrogen (secondary N) is 2. The van der Waals surface area contributed by atoms with Gasteiger partial charge in [0.25, 0.3) is 5.91 Å². The van der Waals surface area contributed by atoms with E-state index >= 15 is 0 Å². The molecule has 0 unspecified atom stereocenters. The highest BCUT2D eigenvalue weighted by atomic mass is 16.2. The fourth-order valence-electron chi connectivity index (χ4n) is 4.64. The molecule has 2 aromatic rings. The summed E-state index contributed by atoms with van der Waals surface area (Å²) in [6.45, 7) is 2.04. The van der Waals surface area contributed by atoms with Gasteiger partial charge < -0.3 is 10.6 Å². The number of benzene rings is 1. The Hall–Kier alpha value is -2.73. The van der Waals surface area contributed by atoms with Gasteiger partial charge in [0.2, 0.25) is 0 Å². The van der Waals surface area contributed by atoms with Crippen LogP contribution in [0.2, 0.25) is 0 Å². The molecule has 0 saturated carbocycles. The summed E-state index contributed by atoms with van der Waals surface area (Å²) in [5, 5.41) is 6.50. The highest BCUT2D eigenvalue weighted by Crippen LogP contribution is 2.36. The Labute approximate surface area is 171 Å². The normalized spacial score (nSPS) is 22.7. The molecule has 1 atom stereocenters. The van der Waals surface area contributed by atoms with E-state index in [1.165, 1.54) is 10.5 Å². The number of carbonyl (C=O) groups is 2. The molecule has 3 amide bonds. The van der Waals surface area contributed by atoms with Crippen LogP contribution in [-0.2, 0) is 17.8 Å². The second kappa shape index (κ2) is 8.74. The topological polar surface area (TPSA) is 74.3 Å². The summed E-state index contributed by atoms with van der Waals surface area (Å²) in [5.74, 6) is 0.0844. The van der Waals surface area contributed by atoms with Crippen LogP contribution in [0.3, 0.4) is 0 Å².